The second-order valence-electron chi connectivity index (χ2n) is 9.41. The Morgan fingerprint density at radius 3 is 1.48 bits per heavy atom. The topological polar surface area (TPSA) is 114 Å². The van der Waals surface area contributed by atoms with Gasteiger partial charge in [0.2, 0.25) is 0 Å². The summed E-state index contributed by atoms with van der Waals surface area (Å²) in [5.41, 5.74) is 0.912. The third kappa shape index (κ3) is 12.5. The highest BCUT2D eigenvalue weighted by Crippen LogP contribution is 2.15. The molecule has 0 aromatic heterocycles. The summed E-state index contributed by atoms with van der Waals surface area (Å²) in [6, 6.07) is 5.27. The van der Waals surface area contributed by atoms with Crippen molar-refractivity contribution in [3.05, 3.63) is 34.9 Å². The zero-order valence-electron chi connectivity index (χ0n) is 19.5. The van der Waals surface area contributed by atoms with Gasteiger partial charge in [0.15, 0.2) is 0 Å². The summed E-state index contributed by atoms with van der Waals surface area (Å²) < 4.78 is 10.4. The molecule has 0 fully saturated rings. The van der Waals surface area contributed by atoms with Crippen molar-refractivity contribution in [2.24, 2.45) is 0 Å². The Morgan fingerprint density at radius 2 is 1.16 bits per heavy atom. The van der Waals surface area contributed by atoms with E-state index in [0.29, 0.717) is 38.8 Å². The van der Waals surface area contributed by atoms with Crippen LogP contribution in [0, 0.1) is 0 Å². The zero-order chi connectivity index (χ0) is 23.7. The summed E-state index contributed by atoms with van der Waals surface area (Å²) in [7, 11) is 0. The van der Waals surface area contributed by atoms with Gasteiger partial charge < -0.3 is 25.2 Å². The van der Waals surface area contributed by atoms with Crippen LogP contribution in [0.25, 0.3) is 0 Å². The number of amides is 2. The highest BCUT2D eigenvalue weighted by molar-refractivity contribution is 5.88. The molecule has 8 nitrogen and oxygen atoms in total. The van der Waals surface area contributed by atoms with Gasteiger partial charge in [0.05, 0.1) is 5.56 Å². The van der Waals surface area contributed by atoms with Crippen LogP contribution in [0.1, 0.15) is 75.9 Å². The number of rotatable bonds is 9. The Hall–Kier alpha value is -2.77. The molecule has 0 bridgehead atoms. The number of hydrogen-bond acceptors (Lipinski definition) is 5. The third-order valence-electron chi connectivity index (χ3n) is 3.92. The first-order chi connectivity index (χ1) is 14.2. The van der Waals surface area contributed by atoms with E-state index in [1.165, 1.54) is 0 Å². The molecule has 0 saturated heterocycles. The van der Waals surface area contributed by atoms with E-state index < -0.39 is 29.4 Å². The van der Waals surface area contributed by atoms with Gasteiger partial charge in [-0.2, -0.15) is 0 Å². The van der Waals surface area contributed by atoms with E-state index in [-0.39, 0.29) is 5.56 Å². The van der Waals surface area contributed by atoms with E-state index in [9.17, 15) is 19.5 Å². The molecule has 1 aromatic carbocycles. The number of hydrogen-bond donors (Lipinski definition) is 3. The fourth-order valence-corrected chi connectivity index (χ4v) is 2.77. The molecular formula is C23H36N2O6. The molecule has 0 aliphatic rings. The Kier molecular flexibility index (Phi) is 9.81. The predicted molar refractivity (Wildman–Crippen MR) is 119 cm³/mol. The van der Waals surface area contributed by atoms with Crippen LogP contribution in [-0.4, -0.2) is 47.6 Å². The van der Waals surface area contributed by atoms with Crippen LogP contribution in [0.15, 0.2) is 18.2 Å². The fraction of sp³-hybridized carbons (Fsp3) is 0.609. The number of carboxylic acids is 1. The number of ether oxygens (including phenoxy) is 2. The highest BCUT2D eigenvalue weighted by Gasteiger charge is 2.16. The Balaban J connectivity index is 2.54. The molecule has 2 amide bonds. The van der Waals surface area contributed by atoms with Crippen molar-refractivity contribution in [3.8, 4) is 0 Å². The zero-order valence-corrected chi connectivity index (χ0v) is 19.5. The maximum Gasteiger partial charge on any atom is 0.407 e. The van der Waals surface area contributed by atoms with Crippen LogP contribution in [-0.2, 0) is 22.3 Å². The second-order valence-corrected chi connectivity index (χ2v) is 9.41. The predicted octanol–water partition coefficient (Wildman–Crippen LogP) is 4.30. The lowest BCUT2D eigenvalue weighted by Crippen LogP contribution is -2.33. The summed E-state index contributed by atoms with van der Waals surface area (Å²) in [6.07, 6.45) is 1.62. The molecule has 0 atom stereocenters. The van der Waals surface area contributed by atoms with Gasteiger partial charge in [0, 0.05) is 13.1 Å². The van der Waals surface area contributed by atoms with E-state index in [4.69, 9.17) is 9.47 Å². The van der Waals surface area contributed by atoms with Crippen molar-refractivity contribution in [2.45, 2.75) is 78.4 Å². The Labute approximate surface area is 184 Å². The number of alkyl carbamates (subject to hydrolysis) is 2. The van der Waals surface area contributed by atoms with E-state index in [0.717, 1.165) is 11.1 Å². The molecule has 3 N–H and O–H groups in total. The minimum atomic E-state index is -0.984. The molecule has 174 valence electrons. The first-order valence-corrected chi connectivity index (χ1v) is 10.5. The maximum absolute atomic E-state index is 11.7. The number of aryl methyl sites for hydroxylation is 2. The molecule has 31 heavy (non-hydrogen) atoms. The normalized spacial score (nSPS) is 11.5. The van der Waals surface area contributed by atoms with Gasteiger partial charge >= 0.3 is 18.2 Å². The number of carbonyl (C=O) groups excluding carboxylic acids is 2. The summed E-state index contributed by atoms with van der Waals surface area (Å²) in [5.74, 6) is -0.984. The molecule has 1 aromatic rings. The van der Waals surface area contributed by atoms with Crippen LogP contribution < -0.4 is 10.6 Å². The maximum atomic E-state index is 11.7. The minimum absolute atomic E-state index is 0.229. The SMILES string of the molecule is CC(C)(C)OC(=O)NCCCc1cc(CCCNC(=O)OC(C)(C)C)cc(C(=O)O)c1. The summed E-state index contributed by atoms with van der Waals surface area (Å²) in [5, 5.41) is 14.8. The van der Waals surface area contributed by atoms with E-state index >= 15 is 0 Å². The van der Waals surface area contributed by atoms with Crippen molar-refractivity contribution in [3.63, 3.8) is 0 Å². The lowest BCUT2D eigenvalue weighted by molar-refractivity contribution is 0.0516. The minimum Gasteiger partial charge on any atom is -0.478 e. The number of carbonyl (C=O) groups is 3. The van der Waals surface area contributed by atoms with Crippen LogP contribution in [0.5, 0.6) is 0 Å². The largest absolute Gasteiger partial charge is 0.478 e. The van der Waals surface area contributed by atoms with Crippen LogP contribution in [0.2, 0.25) is 0 Å². The highest BCUT2D eigenvalue weighted by atomic mass is 16.6. The molecule has 1 rings (SSSR count). The van der Waals surface area contributed by atoms with Crippen LogP contribution in [0.4, 0.5) is 9.59 Å². The average molecular weight is 437 g/mol. The number of benzene rings is 1. The molecule has 0 spiro atoms. The summed E-state index contributed by atoms with van der Waals surface area (Å²) in [4.78, 5) is 34.8. The van der Waals surface area contributed by atoms with Gasteiger partial charge in [-0.05, 0) is 90.5 Å². The van der Waals surface area contributed by atoms with E-state index in [2.05, 4.69) is 10.6 Å². The van der Waals surface area contributed by atoms with Gasteiger partial charge in [0.1, 0.15) is 11.2 Å². The number of aromatic carboxylic acids is 1. The molecule has 0 radical (unpaired) electrons. The van der Waals surface area contributed by atoms with Crippen molar-refractivity contribution < 1.29 is 29.0 Å². The van der Waals surface area contributed by atoms with Gasteiger partial charge in [-0.1, -0.05) is 6.07 Å². The van der Waals surface area contributed by atoms with E-state index in [1.807, 2.05) is 6.07 Å². The molecule has 0 heterocycles. The standard InChI is InChI=1S/C23H36N2O6/c1-22(2,3)30-20(28)24-11-7-9-16-13-17(15-18(14-16)19(26)27)10-8-12-25-21(29)31-23(4,5)6/h13-15H,7-12H2,1-6H3,(H,24,28)(H,25,29)(H,26,27). The van der Waals surface area contributed by atoms with Crippen molar-refractivity contribution in [2.75, 3.05) is 13.1 Å². The summed E-state index contributed by atoms with van der Waals surface area (Å²) in [6.45, 7) is 11.7. The van der Waals surface area contributed by atoms with Gasteiger partial charge in [0.25, 0.3) is 0 Å². The van der Waals surface area contributed by atoms with Crippen LogP contribution in [0.3, 0.4) is 0 Å². The Bertz CT molecular complexity index is 708. The van der Waals surface area contributed by atoms with Crippen molar-refractivity contribution in [1.82, 2.24) is 10.6 Å². The average Bonchev–Trinajstić information content (AvgIpc) is 2.59. The van der Waals surface area contributed by atoms with Crippen LogP contribution >= 0.6 is 0 Å². The van der Waals surface area contributed by atoms with Crippen molar-refractivity contribution >= 4 is 18.2 Å². The molecule has 0 aliphatic heterocycles. The molecular weight excluding hydrogens is 400 g/mol. The Morgan fingerprint density at radius 1 is 0.774 bits per heavy atom. The monoisotopic (exact) mass is 436 g/mol. The smallest absolute Gasteiger partial charge is 0.407 e. The van der Waals surface area contributed by atoms with Crippen molar-refractivity contribution in [1.29, 1.82) is 0 Å². The second kappa shape index (κ2) is 11.6. The molecule has 0 saturated carbocycles. The molecule has 0 aliphatic carbocycles. The third-order valence-corrected chi connectivity index (χ3v) is 3.92. The molecule has 0 unspecified atom stereocenters. The lowest BCUT2D eigenvalue weighted by Gasteiger charge is -2.19. The lowest BCUT2D eigenvalue weighted by atomic mass is 9.99. The number of carboxylic acid groups (broad SMARTS) is 1. The quantitative estimate of drug-likeness (QED) is 0.497. The van der Waals surface area contributed by atoms with Gasteiger partial charge in [-0.25, -0.2) is 14.4 Å². The van der Waals surface area contributed by atoms with Gasteiger partial charge in [-0.3, -0.25) is 0 Å². The van der Waals surface area contributed by atoms with Gasteiger partial charge in [-0.15, -0.1) is 0 Å². The first-order valence-electron chi connectivity index (χ1n) is 10.5. The summed E-state index contributed by atoms with van der Waals surface area (Å²) >= 11 is 0. The molecule has 8 heteroatoms. The fourth-order valence-electron chi connectivity index (χ4n) is 2.77. The number of nitrogens with one attached hydrogen (secondary N) is 2. The van der Waals surface area contributed by atoms with E-state index in [1.54, 1.807) is 53.7 Å². The first kappa shape index (κ1) is 26.3.